The van der Waals surface area contributed by atoms with Crippen molar-refractivity contribution in [1.82, 2.24) is 10.2 Å². The minimum Gasteiger partial charge on any atom is -0.469 e. The van der Waals surface area contributed by atoms with Gasteiger partial charge in [-0.1, -0.05) is 0 Å². The Hall–Kier alpha value is -1.80. The quantitative estimate of drug-likeness (QED) is 0.820. The van der Waals surface area contributed by atoms with Gasteiger partial charge in [-0.05, 0) is 12.1 Å². The van der Waals surface area contributed by atoms with Crippen molar-refractivity contribution in [2.24, 2.45) is 5.92 Å². The molecule has 1 saturated heterocycles. The second-order valence-corrected chi connectivity index (χ2v) is 4.04. The molecule has 1 aromatic rings. The van der Waals surface area contributed by atoms with Crippen LogP contribution in [0.1, 0.15) is 5.76 Å². The van der Waals surface area contributed by atoms with Gasteiger partial charge in [0.2, 0.25) is 5.91 Å². The lowest BCUT2D eigenvalue weighted by molar-refractivity contribution is -0.134. The van der Waals surface area contributed by atoms with Crippen LogP contribution in [0.2, 0.25) is 0 Å². The molecule has 0 saturated carbocycles. The summed E-state index contributed by atoms with van der Waals surface area (Å²) < 4.78 is 5.17. The van der Waals surface area contributed by atoms with Crippen LogP contribution in [0.3, 0.4) is 0 Å². The molecule has 90 valence electrons. The predicted molar refractivity (Wildman–Crippen MR) is 61.0 cm³/mol. The van der Waals surface area contributed by atoms with Crippen LogP contribution in [0.4, 0.5) is 0 Å². The van der Waals surface area contributed by atoms with Gasteiger partial charge in [-0.15, -0.1) is 0 Å². The number of carbonyl (C=O) groups excluding carboxylic acids is 1. The normalized spacial score (nSPS) is 17.5. The fourth-order valence-electron chi connectivity index (χ4n) is 1.92. The van der Waals surface area contributed by atoms with E-state index in [0.717, 1.165) is 13.1 Å². The number of nitrogens with zero attached hydrogens (tertiary/aromatic N) is 2. The van der Waals surface area contributed by atoms with Crippen molar-refractivity contribution in [1.29, 1.82) is 5.26 Å². The molecule has 0 spiro atoms. The Morgan fingerprint density at radius 3 is 2.94 bits per heavy atom. The predicted octanol–water partition coefficient (Wildman–Crippen LogP) is 0.394. The molecule has 5 heteroatoms. The monoisotopic (exact) mass is 233 g/mol. The molecule has 17 heavy (non-hydrogen) atoms. The Morgan fingerprint density at radius 1 is 1.59 bits per heavy atom. The van der Waals surface area contributed by atoms with Crippen molar-refractivity contribution in [2.45, 2.75) is 6.42 Å². The number of hydrogen-bond donors (Lipinski definition) is 1. The molecule has 1 amide bonds. The molecule has 1 N–H and O–H groups in total. The molecule has 1 aliphatic heterocycles. The number of carbonyl (C=O) groups is 1. The fraction of sp³-hybridized carbons (Fsp3) is 0.500. The summed E-state index contributed by atoms with van der Waals surface area (Å²) in [7, 11) is 0. The molecule has 1 aromatic heterocycles. The Labute approximate surface area is 100 Å². The summed E-state index contributed by atoms with van der Waals surface area (Å²) in [6, 6.07) is 5.62. The van der Waals surface area contributed by atoms with Gasteiger partial charge in [-0.25, -0.2) is 0 Å². The van der Waals surface area contributed by atoms with E-state index in [9.17, 15) is 4.79 Å². The van der Waals surface area contributed by atoms with E-state index in [4.69, 9.17) is 9.68 Å². The van der Waals surface area contributed by atoms with Crippen LogP contribution in [-0.4, -0.2) is 37.0 Å². The van der Waals surface area contributed by atoms with Crippen LogP contribution in [-0.2, 0) is 11.2 Å². The van der Waals surface area contributed by atoms with E-state index >= 15 is 0 Å². The van der Waals surface area contributed by atoms with Crippen molar-refractivity contribution in [2.75, 3.05) is 26.2 Å². The first-order valence-corrected chi connectivity index (χ1v) is 5.73. The topological polar surface area (TPSA) is 69.3 Å². The van der Waals surface area contributed by atoms with Crippen molar-refractivity contribution >= 4 is 5.91 Å². The highest BCUT2D eigenvalue weighted by atomic mass is 16.3. The zero-order valence-corrected chi connectivity index (χ0v) is 9.56. The van der Waals surface area contributed by atoms with Crippen LogP contribution < -0.4 is 5.32 Å². The van der Waals surface area contributed by atoms with Gasteiger partial charge in [-0.3, -0.25) is 4.79 Å². The summed E-state index contributed by atoms with van der Waals surface area (Å²) in [6.45, 7) is 2.94. The summed E-state index contributed by atoms with van der Waals surface area (Å²) in [5.41, 5.74) is 0. The Balaban J connectivity index is 1.97. The highest BCUT2D eigenvalue weighted by molar-refractivity contribution is 5.81. The van der Waals surface area contributed by atoms with Crippen molar-refractivity contribution < 1.29 is 9.21 Å². The van der Waals surface area contributed by atoms with Gasteiger partial charge in [0.1, 0.15) is 11.7 Å². The fourth-order valence-corrected chi connectivity index (χ4v) is 1.92. The van der Waals surface area contributed by atoms with Crippen LogP contribution in [0.5, 0.6) is 0 Å². The average Bonchev–Trinajstić information content (AvgIpc) is 2.89. The number of nitrogens with one attached hydrogen (secondary N) is 1. The molecule has 0 aromatic carbocycles. The van der Waals surface area contributed by atoms with Gasteiger partial charge in [0.25, 0.3) is 0 Å². The maximum Gasteiger partial charge on any atom is 0.240 e. The Bertz CT molecular complexity index is 402. The van der Waals surface area contributed by atoms with Crippen LogP contribution in [0, 0.1) is 17.2 Å². The first kappa shape index (κ1) is 11.7. The summed E-state index contributed by atoms with van der Waals surface area (Å²) in [6.07, 6.45) is 1.91. The van der Waals surface area contributed by atoms with Gasteiger partial charge in [-0.2, -0.15) is 5.26 Å². The minimum absolute atomic E-state index is 0.0922. The number of rotatable bonds is 3. The number of hydrogen-bond acceptors (Lipinski definition) is 4. The van der Waals surface area contributed by atoms with Crippen molar-refractivity contribution in [3.05, 3.63) is 24.2 Å². The zero-order valence-electron chi connectivity index (χ0n) is 9.56. The Kier molecular flexibility index (Phi) is 3.78. The molecular weight excluding hydrogens is 218 g/mol. The largest absolute Gasteiger partial charge is 0.469 e. The third kappa shape index (κ3) is 2.86. The molecule has 5 nitrogen and oxygen atoms in total. The van der Waals surface area contributed by atoms with E-state index in [1.54, 1.807) is 23.3 Å². The molecule has 1 atom stereocenters. The van der Waals surface area contributed by atoms with E-state index in [0.29, 0.717) is 25.3 Å². The first-order chi connectivity index (χ1) is 8.31. The molecule has 1 unspecified atom stereocenters. The first-order valence-electron chi connectivity index (χ1n) is 5.73. The van der Waals surface area contributed by atoms with E-state index in [2.05, 4.69) is 11.4 Å². The number of piperazine rings is 1. The highest BCUT2D eigenvalue weighted by Crippen LogP contribution is 2.12. The second kappa shape index (κ2) is 5.51. The summed E-state index contributed by atoms with van der Waals surface area (Å²) in [5, 5.41) is 12.2. The molecule has 1 aliphatic rings. The van der Waals surface area contributed by atoms with Gasteiger partial charge >= 0.3 is 0 Å². The van der Waals surface area contributed by atoms with Gasteiger partial charge in [0.05, 0.1) is 12.3 Å². The van der Waals surface area contributed by atoms with Gasteiger partial charge in [0.15, 0.2) is 0 Å². The van der Waals surface area contributed by atoms with Crippen molar-refractivity contribution in [3.63, 3.8) is 0 Å². The van der Waals surface area contributed by atoms with E-state index in [1.165, 1.54) is 0 Å². The smallest absolute Gasteiger partial charge is 0.240 e. The summed E-state index contributed by atoms with van der Waals surface area (Å²) in [5.74, 6) is -0.0512. The molecule has 2 heterocycles. The lowest BCUT2D eigenvalue weighted by atomic mass is 10.0. The SMILES string of the molecule is N#CC(Cc1ccco1)C(=O)N1CCNCC1. The molecule has 0 radical (unpaired) electrons. The molecule has 1 fully saturated rings. The lowest BCUT2D eigenvalue weighted by Gasteiger charge is -2.28. The summed E-state index contributed by atoms with van der Waals surface area (Å²) >= 11 is 0. The number of nitriles is 1. The third-order valence-corrected chi connectivity index (χ3v) is 2.87. The molecule has 0 bridgehead atoms. The number of furan rings is 1. The maximum absolute atomic E-state index is 12.1. The standard InChI is InChI=1S/C12H15N3O2/c13-9-10(8-11-2-1-7-17-11)12(16)15-5-3-14-4-6-15/h1-2,7,10,14H,3-6,8H2. The minimum atomic E-state index is -0.640. The van der Waals surface area contributed by atoms with Crippen LogP contribution in [0.25, 0.3) is 0 Å². The van der Waals surface area contributed by atoms with E-state index in [-0.39, 0.29) is 5.91 Å². The third-order valence-electron chi connectivity index (χ3n) is 2.87. The zero-order chi connectivity index (χ0) is 12.1. The maximum atomic E-state index is 12.1. The highest BCUT2D eigenvalue weighted by Gasteiger charge is 2.26. The van der Waals surface area contributed by atoms with Crippen molar-refractivity contribution in [3.8, 4) is 6.07 Å². The number of amides is 1. The van der Waals surface area contributed by atoms with E-state index in [1.807, 2.05) is 0 Å². The molecule has 0 aliphatic carbocycles. The van der Waals surface area contributed by atoms with Gasteiger partial charge < -0.3 is 14.6 Å². The summed E-state index contributed by atoms with van der Waals surface area (Å²) in [4.78, 5) is 13.8. The molecule has 2 rings (SSSR count). The lowest BCUT2D eigenvalue weighted by Crippen LogP contribution is -2.48. The Morgan fingerprint density at radius 2 is 2.35 bits per heavy atom. The second-order valence-electron chi connectivity index (χ2n) is 4.04. The van der Waals surface area contributed by atoms with E-state index < -0.39 is 5.92 Å². The van der Waals surface area contributed by atoms with Crippen LogP contribution >= 0.6 is 0 Å². The van der Waals surface area contributed by atoms with Gasteiger partial charge in [0, 0.05) is 32.6 Å². The molecular formula is C12H15N3O2. The average molecular weight is 233 g/mol. The van der Waals surface area contributed by atoms with Crippen LogP contribution in [0.15, 0.2) is 22.8 Å².